The number of halogens is 1. The lowest BCUT2D eigenvalue weighted by Gasteiger charge is -2.34. The van der Waals surface area contributed by atoms with E-state index >= 15 is 0 Å². The molecule has 3 aliphatic rings. The summed E-state index contributed by atoms with van der Waals surface area (Å²) in [6, 6.07) is 7.62. The van der Waals surface area contributed by atoms with Gasteiger partial charge >= 0.3 is 0 Å². The zero-order valence-corrected chi connectivity index (χ0v) is 22.0. The molecule has 1 atom stereocenters. The van der Waals surface area contributed by atoms with E-state index in [1.165, 1.54) is 0 Å². The van der Waals surface area contributed by atoms with E-state index in [9.17, 15) is 4.79 Å². The molecule has 9 heteroatoms. The van der Waals surface area contributed by atoms with Crippen molar-refractivity contribution in [1.29, 1.82) is 0 Å². The van der Waals surface area contributed by atoms with Crippen molar-refractivity contribution in [3.63, 3.8) is 0 Å². The van der Waals surface area contributed by atoms with Crippen molar-refractivity contribution in [3.8, 4) is 17.0 Å². The van der Waals surface area contributed by atoms with Crippen molar-refractivity contribution in [1.82, 2.24) is 15.3 Å². The smallest absolute Gasteiger partial charge is 0.255 e. The molecular weight excluding hydrogens is 492 g/mol. The van der Waals surface area contributed by atoms with Crippen molar-refractivity contribution in [3.05, 3.63) is 58.5 Å². The molecule has 0 radical (unpaired) electrons. The standard InChI is InChI=1S/C28H31ClN4O4/c1-16-19(29)5-4-6-20(16)32-24-22-25(28(8-9-28)14-31-26(22)34)33-23(24)18-7-10-30-11-21(18)35-12-17-13-37-27(2,3)15-36-17/h4-7,10-11,17,32-33H,8-9,12-15H2,1-3H3,(H,31,34). The molecule has 0 bridgehead atoms. The average Bonchev–Trinajstić information content (AvgIpc) is 3.56. The zero-order valence-electron chi connectivity index (χ0n) is 21.2. The number of ether oxygens (including phenoxy) is 3. The van der Waals surface area contributed by atoms with Crippen LogP contribution in [0.25, 0.3) is 11.3 Å². The molecule has 4 heterocycles. The van der Waals surface area contributed by atoms with Gasteiger partial charge in [0.15, 0.2) is 0 Å². The second kappa shape index (κ2) is 9.04. The number of aromatic amines is 1. The lowest BCUT2D eigenvalue weighted by Crippen LogP contribution is -2.44. The summed E-state index contributed by atoms with van der Waals surface area (Å²) in [5.74, 6) is 0.509. The van der Waals surface area contributed by atoms with Crippen LogP contribution in [0.1, 0.15) is 48.3 Å². The quantitative estimate of drug-likeness (QED) is 0.415. The van der Waals surface area contributed by atoms with Crippen molar-refractivity contribution in [2.24, 2.45) is 0 Å². The minimum atomic E-state index is -0.294. The third-order valence-corrected chi connectivity index (χ3v) is 7.94. The normalized spacial score (nSPS) is 21.3. The van der Waals surface area contributed by atoms with Crippen LogP contribution in [0.15, 0.2) is 36.7 Å². The monoisotopic (exact) mass is 522 g/mol. The van der Waals surface area contributed by atoms with Gasteiger partial charge in [0.1, 0.15) is 18.5 Å². The maximum absolute atomic E-state index is 13.2. The van der Waals surface area contributed by atoms with Crippen molar-refractivity contribution >= 4 is 28.9 Å². The second-order valence-corrected chi connectivity index (χ2v) is 11.2. The number of rotatable bonds is 6. The summed E-state index contributed by atoms with van der Waals surface area (Å²) in [4.78, 5) is 21.1. The highest BCUT2D eigenvalue weighted by atomic mass is 35.5. The van der Waals surface area contributed by atoms with Gasteiger partial charge < -0.3 is 29.8 Å². The number of nitrogens with one attached hydrogen (secondary N) is 3. The van der Waals surface area contributed by atoms with E-state index in [1.807, 2.05) is 45.0 Å². The van der Waals surface area contributed by atoms with Crippen LogP contribution in [0, 0.1) is 6.92 Å². The van der Waals surface area contributed by atoms with Crippen LogP contribution < -0.4 is 15.4 Å². The van der Waals surface area contributed by atoms with E-state index < -0.39 is 0 Å². The Bertz CT molecular complexity index is 1350. The molecule has 3 N–H and O–H groups in total. The van der Waals surface area contributed by atoms with Gasteiger partial charge in [0, 0.05) is 40.1 Å². The van der Waals surface area contributed by atoms with Crippen molar-refractivity contribution in [2.45, 2.75) is 50.7 Å². The van der Waals surface area contributed by atoms with E-state index in [0.29, 0.717) is 48.4 Å². The summed E-state index contributed by atoms with van der Waals surface area (Å²) in [5, 5.41) is 7.28. The summed E-state index contributed by atoms with van der Waals surface area (Å²) in [6.07, 6.45) is 5.32. The molecule has 37 heavy (non-hydrogen) atoms. The first-order valence-electron chi connectivity index (χ1n) is 12.7. The van der Waals surface area contributed by atoms with Gasteiger partial charge in [-0.15, -0.1) is 0 Å². The van der Waals surface area contributed by atoms with Gasteiger partial charge in [0.05, 0.1) is 42.0 Å². The van der Waals surface area contributed by atoms with E-state index in [0.717, 1.165) is 41.0 Å². The van der Waals surface area contributed by atoms with E-state index in [1.54, 1.807) is 12.4 Å². The molecule has 6 rings (SSSR count). The summed E-state index contributed by atoms with van der Waals surface area (Å²) >= 11 is 6.42. The van der Waals surface area contributed by atoms with Gasteiger partial charge in [0.2, 0.25) is 0 Å². The maximum Gasteiger partial charge on any atom is 0.255 e. The first kappa shape index (κ1) is 24.3. The van der Waals surface area contributed by atoms with Gasteiger partial charge in [0.25, 0.3) is 5.91 Å². The van der Waals surface area contributed by atoms with Crippen LogP contribution in [0.4, 0.5) is 11.4 Å². The predicted octanol–water partition coefficient (Wildman–Crippen LogP) is 5.13. The van der Waals surface area contributed by atoms with E-state index in [4.69, 9.17) is 25.8 Å². The zero-order chi connectivity index (χ0) is 25.8. The minimum Gasteiger partial charge on any atom is -0.488 e. The van der Waals surface area contributed by atoms with Crippen molar-refractivity contribution in [2.75, 3.05) is 31.7 Å². The van der Waals surface area contributed by atoms with E-state index in [-0.39, 0.29) is 23.0 Å². The largest absolute Gasteiger partial charge is 0.488 e. The fourth-order valence-corrected chi connectivity index (χ4v) is 5.22. The number of carbonyl (C=O) groups excluding carboxylic acids is 1. The number of benzene rings is 1. The number of fused-ring (bicyclic) bond motifs is 2. The third kappa shape index (κ3) is 4.47. The molecule has 1 saturated heterocycles. The molecule has 2 aliphatic heterocycles. The molecule has 1 amide bonds. The number of anilines is 2. The average molecular weight is 523 g/mol. The topological polar surface area (TPSA) is 97.5 Å². The summed E-state index contributed by atoms with van der Waals surface area (Å²) in [7, 11) is 0. The molecule has 3 aromatic rings. The van der Waals surface area contributed by atoms with E-state index in [2.05, 4.69) is 20.6 Å². The molecule has 194 valence electrons. The number of aromatic nitrogens is 2. The fraction of sp³-hybridized carbons (Fsp3) is 0.429. The van der Waals surface area contributed by atoms with Gasteiger partial charge in [-0.1, -0.05) is 17.7 Å². The SMILES string of the molecule is Cc1c(Cl)cccc1Nc1c(-c2ccncc2OCC2COC(C)(C)CO2)[nH]c2c1C(=O)NCC21CC1. The number of amides is 1. The Balaban J connectivity index is 1.39. The van der Waals surface area contributed by atoms with Crippen LogP contribution in [-0.4, -0.2) is 53.9 Å². The molecule has 1 saturated carbocycles. The first-order chi connectivity index (χ1) is 17.8. The number of H-pyrrole nitrogens is 1. The number of carbonyl (C=O) groups is 1. The van der Waals surface area contributed by atoms with Crippen LogP contribution in [0.5, 0.6) is 5.75 Å². The molecule has 1 aliphatic carbocycles. The molecular formula is C28H31ClN4O4. The molecule has 1 aromatic carbocycles. The molecule has 1 unspecified atom stereocenters. The van der Waals surface area contributed by atoms with Crippen molar-refractivity contribution < 1.29 is 19.0 Å². The Morgan fingerprint density at radius 1 is 1.27 bits per heavy atom. The first-order valence-corrected chi connectivity index (χ1v) is 13.0. The summed E-state index contributed by atoms with van der Waals surface area (Å²) in [6.45, 7) is 7.92. The molecule has 1 spiro atoms. The molecule has 2 aromatic heterocycles. The second-order valence-electron chi connectivity index (χ2n) is 10.8. The van der Waals surface area contributed by atoms with Gasteiger partial charge in [-0.3, -0.25) is 9.78 Å². The highest BCUT2D eigenvalue weighted by Crippen LogP contribution is 2.54. The molecule has 8 nitrogen and oxygen atoms in total. The number of hydrogen-bond donors (Lipinski definition) is 3. The number of pyridine rings is 1. The highest BCUT2D eigenvalue weighted by molar-refractivity contribution is 6.31. The Morgan fingerprint density at radius 2 is 2.11 bits per heavy atom. The highest BCUT2D eigenvalue weighted by Gasteiger charge is 2.51. The van der Waals surface area contributed by atoms with Crippen LogP contribution in [0.2, 0.25) is 5.02 Å². The molecule has 2 fully saturated rings. The Labute approximate surface area is 221 Å². The van der Waals surface area contributed by atoms with Gasteiger partial charge in [-0.05, 0) is 57.4 Å². The Hall–Kier alpha value is -3.07. The Kier molecular flexibility index (Phi) is 5.93. The lowest BCUT2D eigenvalue weighted by atomic mass is 9.93. The summed E-state index contributed by atoms with van der Waals surface area (Å²) < 4.78 is 18.1. The lowest BCUT2D eigenvalue weighted by molar-refractivity contribution is -0.181. The number of hydrogen-bond acceptors (Lipinski definition) is 6. The third-order valence-electron chi connectivity index (χ3n) is 7.53. The van der Waals surface area contributed by atoms with Gasteiger partial charge in [-0.25, -0.2) is 0 Å². The maximum atomic E-state index is 13.2. The summed E-state index contributed by atoms with van der Waals surface area (Å²) in [5.41, 5.74) is 5.33. The number of nitrogens with zero attached hydrogens (tertiary/aromatic N) is 1. The predicted molar refractivity (Wildman–Crippen MR) is 142 cm³/mol. The van der Waals surface area contributed by atoms with Crippen LogP contribution >= 0.6 is 11.6 Å². The van der Waals surface area contributed by atoms with Gasteiger partial charge in [-0.2, -0.15) is 0 Å². The fourth-order valence-electron chi connectivity index (χ4n) is 5.04. The van der Waals surface area contributed by atoms with Crippen LogP contribution in [-0.2, 0) is 14.9 Å². The van der Waals surface area contributed by atoms with Crippen LogP contribution in [0.3, 0.4) is 0 Å². The Morgan fingerprint density at radius 3 is 2.86 bits per heavy atom. The minimum absolute atomic E-state index is 0.0462.